The van der Waals surface area contributed by atoms with Gasteiger partial charge in [-0.05, 0) is 38.5 Å². The van der Waals surface area contributed by atoms with Crippen LogP contribution in [0.15, 0.2) is 0 Å². The van der Waals surface area contributed by atoms with Gasteiger partial charge >= 0.3 is 0 Å². The maximum atomic E-state index is 12.7. The Morgan fingerprint density at radius 2 is 2.00 bits per heavy atom. The fraction of sp³-hybridized carbons (Fsp3) is 0.938. The van der Waals surface area contributed by atoms with Crippen molar-refractivity contribution in [2.75, 3.05) is 5.33 Å². The Balaban J connectivity index is 2.06. The van der Waals surface area contributed by atoms with Gasteiger partial charge in [0, 0.05) is 10.9 Å². The van der Waals surface area contributed by atoms with Gasteiger partial charge in [0.15, 0.2) is 0 Å². The van der Waals surface area contributed by atoms with Crippen LogP contribution in [0.25, 0.3) is 0 Å². The lowest BCUT2D eigenvalue weighted by Gasteiger charge is -2.40. The summed E-state index contributed by atoms with van der Waals surface area (Å²) in [7, 11) is 0. The van der Waals surface area contributed by atoms with Crippen LogP contribution in [0.4, 0.5) is 0 Å². The van der Waals surface area contributed by atoms with Crippen LogP contribution in [0.1, 0.15) is 53.4 Å². The molecule has 1 saturated heterocycles. The molecule has 20 heavy (non-hydrogen) atoms. The van der Waals surface area contributed by atoms with Crippen molar-refractivity contribution < 1.29 is 9.53 Å². The topological polar surface area (TPSA) is 38.3 Å². The molecular formula is C16H28BrNO2. The fourth-order valence-corrected chi connectivity index (χ4v) is 4.64. The molecule has 0 spiro atoms. The molecule has 3 nitrogen and oxygen atoms in total. The van der Waals surface area contributed by atoms with E-state index in [-0.39, 0.29) is 29.6 Å². The largest absolute Gasteiger partial charge is 0.374 e. The highest BCUT2D eigenvalue weighted by Gasteiger charge is 2.44. The van der Waals surface area contributed by atoms with Gasteiger partial charge in [0.1, 0.15) is 0 Å². The van der Waals surface area contributed by atoms with Crippen LogP contribution in [-0.2, 0) is 9.53 Å². The smallest absolute Gasteiger partial charge is 0.226 e. The maximum absolute atomic E-state index is 12.7. The number of ether oxygens (including phenoxy) is 1. The first-order chi connectivity index (χ1) is 9.38. The predicted molar refractivity (Wildman–Crippen MR) is 85.0 cm³/mol. The Morgan fingerprint density at radius 1 is 1.30 bits per heavy atom. The molecule has 1 heterocycles. The molecule has 1 saturated carbocycles. The molecule has 2 rings (SSSR count). The fourth-order valence-electron chi connectivity index (χ4n) is 3.99. The van der Waals surface area contributed by atoms with Crippen molar-refractivity contribution in [2.24, 2.45) is 17.8 Å². The summed E-state index contributed by atoms with van der Waals surface area (Å²) in [5, 5.41) is 4.22. The molecule has 1 aliphatic heterocycles. The minimum absolute atomic E-state index is 0.0156. The van der Waals surface area contributed by atoms with E-state index in [0.717, 1.165) is 18.2 Å². The van der Waals surface area contributed by atoms with Crippen LogP contribution in [0.3, 0.4) is 0 Å². The van der Waals surface area contributed by atoms with Gasteiger partial charge in [-0.2, -0.15) is 0 Å². The van der Waals surface area contributed by atoms with E-state index < -0.39 is 0 Å². The first-order valence-electron chi connectivity index (χ1n) is 7.92. The highest BCUT2D eigenvalue weighted by molar-refractivity contribution is 9.09. The third-order valence-corrected chi connectivity index (χ3v) is 6.35. The van der Waals surface area contributed by atoms with Crippen LogP contribution in [-0.4, -0.2) is 29.0 Å². The van der Waals surface area contributed by atoms with Gasteiger partial charge in [-0.1, -0.05) is 42.6 Å². The summed E-state index contributed by atoms with van der Waals surface area (Å²) in [5.74, 6) is 1.15. The van der Waals surface area contributed by atoms with Crippen molar-refractivity contribution in [1.29, 1.82) is 0 Å². The number of hydrogen-bond acceptors (Lipinski definition) is 2. The van der Waals surface area contributed by atoms with Crippen molar-refractivity contribution in [3.63, 3.8) is 0 Å². The molecule has 0 radical (unpaired) electrons. The summed E-state index contributed by atoms with van der Waals surface area (Å²) in [6.07, 6.45) is 4.84. The van der Waals surface area contributed by atoms with E-state index in [9.17, 15) is 4.79 Å². The van der Waals surface area contributed by atoms with Crippen molar-refractivity contribution in [1.82, 2.24) is 5.32 Å². The average molecular weight is 346 g/mol. The lowest BCUT2D eigenvalue weighted by Crippen LogP contribution is -2.55. The number of nitrogens with one attached hydrogen (secondary N) is 1. The van der Waals surface area contributed by atoms with E-state index in [1.165, 1.54) is 12.8 Å². The van der Waals surface area contributed by atoms with E-state index in [2.05, 4.69) is 42.0 Å². The van der Waals surface area contributed by atoms with Crippen LogP contribution in [0.2, 0.25) is 0 Å². The van der Waals surface area contributed by atoms with Crippen molar-refractivity contribution in [2.45, 2.75) is 71.1 Å². The third-order valence-electron chi connectivity index (χ3n) is 5.28. The van der Waals surface area contributed by atoms with E-state index in [4.69, 9.17) is 4.74 Å². The minimum Gasteiger partial charge on any atom is -0.374 e. The second-order valence-electron chi connectivity index (χ2n) is 7.04. The Labute approximate surface area is 131 Å². The number of carbonyl (C=O) groups is 1. The van der Waals surface area contributed by atoms with E-state index in [1.54, 1.807) is 0 Å². The third kappa shape index (κ3) is 3.22. The lowest BCUT2D eigenvalue weighted by atomic mass is 9.77. The maximum Gasteiger partial charge on any atom is 0.226 e. The van der Waals surface area contributed by atoms with Gasteiger partial charge in [-0.25, -0.2) is 0 Å². The molecule has 1 N–H and O–H groups in total. The second-order valence-corrected chi connectivity index (χ2v) is 7.60. The SMILES string of the molecule is CC1CCCC(CBr)(NC(=O)C2C(C)OC(C)C2C)C1. The summed E-state index contributed by atoms with van der Waals surface area (Å²) in [6.45, 7) is 8.50. The van der Waals surface area contributed by atoms with E-state index in [0.29, 0.717) is 11.8 Å². The van der Waals surface area contributed by atoms with Gasteiger partial charge in [0.2, 0.25) is 5.91 Å². The Kier molecular flexibility index (Phi) is 5.17. The molecule has 2 fully saturated rings. The van der Waals surface area contributed by atoms with E-state index in [1.807, 2.05) is 6.92 Å². The van der Waals surface area contributed by atoms with Crippen LogP contribution in [0, 0.1) is 17.8 Å². The highest BCUT2D eigenvalue weighted by Crippen LogP contribution is 2.36. The summed E-state index contributed by atoms with van der Waals surface area (Å²) in [6, 6.07) is 0. The zero-order chi connectivity index (χ0) is 14.9. The molecule has 2 aliphatic rings. The molecule has 1 aliphatic carbocycles. The minimum atomic E-state index is -0.0555. The molecule has 6 atom stereocenters. The standard InChI is InChI=1S/C16H28BrNO2/c1-10-6-5-7-16(8-10,9-17)18-15(19)14-11(2)12(3)20-13(14)4/h10-14H,5-9H2,1-4H3,(H,18,19). The van der Waals surface area contributed by atoms with Gasteiger partial charge < -0.3 is 10.1 Å². The molecule has 4 heteroatoms. The zero-order valence-corrected chi connectivity index (χ0v) is 14.7. The number of rotatable bonds is 3. The molecule has 6 unspecified atom stereocenters. The van der Waals surface area contributed by atoms with Gasteiger partial charge in [0.25, 0.3) is 0 Å². The van der Waals surface area contributed by atoms with Gasteiger partial charge in [0.05, 0.1) is 18.1 Å². The van der Waals surface area contributed by atoms with Gasteiger partial charge in [-0.15, -0.1) is 0 Å². The van der Waals surface area contributed by atoms with Crippen LogP contribution in [0.5, 0.6) is 0 Å². The predicted octanol–water partition coefficient (Wildman–Crippen LogP) is 3.51. The number of carbonyl (C=O) groups excluding carboxylic acids is 1. The quantitative estimate of drug-likeness (QED) is 0.795. The van der Waals surface area contributed by atoms with E-state index >= 15 is 0 Å². The molecule has 116 valence electrons. The zero-order valence-electron chi connectivity index (χ0n) is 13.1. The molecule has 0 aromatic rings. The molecular weight excluding hydrogens is 318 g/mol. The Bertz CT molecular complexity index is 362. The molecule has 1 amide bonds. The Morgan fingerprint density at radius 3 is 2.50 bits per heavy atom. The number of halogens is 1. The summed E-state index contributed by atoms with van der Waals surface area (Å²) in [4.78, 5) is 12.7. The number of alkyl halides is 1. The normalized spacial score (nSPS) is 45.4. The van der Waals surface area contributed by atoms with Gasteiger partial charge in [-0.3, -0.25) is 4.79 Å². The average Bonchev–Trinajstić information content (AvgIpc) is 2.63. The Hall–Kier alpha value is -0.0900. The highest BCUT2D eigenvalue weighted by atomic mass is 79.9. The molecule has 0 bridgehead atoms. The summed E-state index contributed by atoms with van der Waals surface area (Å²) >= 11 is 3.63. The van der Waals surface area contributed by atoms with Crippen LogP contribution >= 0.6 is 15.9 Å². The number of amides is 1. The first-order valence-corrected chi connectivity index (χ1v) is 9.04. The van der Waals surface area contributed by atoms with Crippen molar-refractivity contribution in [3.8, 4) is 0 Å². The first kappa shape index (κ1) is 16.3. The summed E-state index contributed by atoms with van der Waals surface area (Å²) in [5.41, 5.74) is -0.0555. The van der Waals surface area contributed by atoms with Crippen molar-refractivity contribution in [3.05, 3.63) is 0 Å². The lowest BCUT2D eigenvalue weighted by molar-refractivity contribution is -0.129. The molecule has 0 aromatic heterocycles. The molecule has 0 aromatic carbocycles. The van der Waals surface area contributed by atoms with Crippen LogP contribution < -0.4 is 5.32 Å². The summed E-state index contributed by atoms with van der Waals surface area (Å²) < 4.78 is 5.81. The second kappa shape index (κ2) is 6.35. The van der Waals surface area contributed by atoms with Crippen molar-refractivity contribution >= 4 is 21.8 Å². The number of hydrogen-bond donors (Lipinski definition) is 1. The monoisotopic (exact) mass is 345 g/mol.